The quantitative estimate of drug-likeness (QED) is 0.586. The van der Waals surface area contributed by atoms with Gasteiger partial charge in [-0.2, -0.15) is 5.10 Å². The summed E-state index contributed by atoms with van der Waals surface area (Å²) in [5.41, 5.74) is 6.94. The van der Waals surface area contributed by atoms with E-state index in [2.05, 4.69) is 28.4 Å². The van der Waals surface area contributed by atoms with Crippen LogP contribution in [0.25, 0.3) is 28.1 Å². The third-order valence-corrected chi connectivity index (χ3v) is 5.34. The van der Waals surface area contributed by atoms with Crippen LogP contribution < -0.4 is 10.9 Å². The van der Waals surface area contributed by atoms with Crippen LogP contribution in [0, 0.1) is 6.92 Å². The summed E-state index contributed by atoms with van der Waals surface area (Å²) in [4.78, 5) is 22.1. The summed E-state index contributed by atoms with van der Waals surface area (Å²) in [6, 6.07) is 7.45. The van der Waals surface area contributed by atoms with Crippen LogP contribution in [0.3, 0.4) is 0 Å². The Bertz CT molecular complexity index is 1330. The first kappa shape index (κ1) is 17.8. The number of hydrogen-bond donors (Lipinski definition) is 1. The van der Waals surface area contributed by atoms with Gasteiger partial charge in [-0.3, -0.25) is 14.2 Å². The molecule has 4 aromatic heterocycles. The van der Waals surface area contributed by atoms with Gasteiger partial charge >= 0.3 is 0 Å². The van der Waals surface area contributed by atoms with Gasteiger partial charge in [-0.15, -0.1) is 0 Å². The summed E-state index contributed by atoms with van der Waals surface area (Å²) in [5.74, 6) is 0. The van der Waals surface area contributed by atoms with Gasteiger partial charge < -0.3 is 5.32 Å². The number of rotatable bonds is 3. The molecule has 146 valence electrons. The van der Waals surface area contributed by atoms with Crippen LogP contribution in [-0.4, -0.2) is 37.1 Å². The van der Waals surface area contributed by atoms with Crippen LogP contribution >= 0.6 is 0 Å². The molecule has 7 nitrogen and oxygen atoms in total. The Morgan fingerprint density at radius 1 is 1.14 bits per heavy atom. The highest BCUT2D eigenvalue weighted by molar-refractivity contribution is 5.69. The maximum Gasteiger partial charge on any atom is 0.258 e. The van der Waals surface area contributed by atoms with Crippen molar-refractivity contribution >= 4 is 16.7 Å². The molecule has 1 aliphatic heterocycles. The zero-order valence-electron chi connectivity index (χ0n) is 16.5. The molecule has 0 atom stereocenters. The van der Waals surface area contributed by atoms with Gasteiger partial charge in [-0.1, -0.05) is 13.0 Å². The lowest BCUT2D eigenvalue weighted by Gasteiger charge is -2.14. The second-order valence-electron chi connectivity index (χ2n) is 7.35. The fraction of sp³-hybridized carbons (Fsp3) is 0.273. The van der Waals surface area contributed by atoms with E-state index in [1.165, 1.54) is 5.57 Å². The van der Waals surface area contributed by atoms with Crippen LogP contribution in [0.2, 0.25) is 0 Å². The molecule has 0 spiro atoms. The lowest BCUT2D eigenvalue weighted by molar-refractivity contribution is 0.738. The molecular weight excluding hydrogens is 364 g/mol. The molecule has 0 unspecified atom stereocenters. The molecule has 7 heteroatoms. The van der Waals surface area contributed by atoms with E-state index in [1.54, 1.807) is 10.5 Å². The number of pyridine rings is 1. The van der Waals surface area contributed by atoms with Crippen LogP contribution in [0.4, 0.5) is 0 Å². The van der Waals surface area contributed by atoms with Crippen molar-refractivity contribution in [3.63, 3.8) is 0 Å². The predicted octanol–water partition coefficient (Wildman–Crippen LogP) is 2.65. The van der Waals surface area contributed by atoms with Gasteiger partial charge in [0.05, 0.1) is 28.8 Å². The predicted molar refractivity (Wildman–Crippen MR) is 113 cm³/mol. The number of nitrogens with zero attached hydrogens (tertiary/aromatic N) is 5. The fourth-order valence-electron chi connectivity index (χ4n) is 3.88. The standard InChI is InChI=1S/C22H22N6O/c1-3-17-20-10-19(26-28(20)12-14(2)24-17)18-11-22(29)27-13-16(4-5-21(27)25-18)15-6-8-23-9-7-15/h4-6,10-13,23H,3,7-9H2,1-2H3. The van der Waals surface area contributed by atoms with E-state index in [4.69, 9.17) is 4.98 Å². The van der Waals surface area contributed by atoms with Gasteiger partial charge in [0.1, 0.15) is 11.3 Å². The van der Waals surface area contributed by atoms with E-state index in [1.807, 2.05) is 42.0 Å². The van der Waals surface area contributed by atoms with Crippen LogP contribution in [0.1, 0.15) is 30.3 Å². The third-order valence-electron chi connectivity index (χ3n) is 5.34. The number of aryl methyl sites for hydroxylation is 2. The van der Waals surface area contributed by atoms with Crippen molar-refractivity contribution in [2.24, 2.45) is 0 Å². The first-order chi connectivity index (χ1) is 14.1. The lowest BCUT2D eigenvalue weighted by atomic mass is 10.0. The molecule has 4 aromatic rings. The summed E-state index contributed by atoms with van der Waals surface area (Å²) < 4.78 is 3.44. The van der Waals surface area contributed by atoms with Gasteiger partial charge in [0.25, 0.3) is 5.56 Å². The van der Waals surface area contributed by atoms with Crippen molar-refractivity contribution in [1.29, 1.82) is 0 Å². The Morgan fingerprint density at radius 3 is 2.83 bits per heavy atom. The fourth-order valence-corrected chi connectivity index (χ4v) is 3.88. The van der Waals surface area contributed by atoms with Gasteiger partial charge in [-0.25, -0.2) is 9.50 Å². The number of nitrogens with one attached hydrogen (secondary N) is 1. The molecule has 29 heavy (non-hydrogen) atoms. The second-order valence-corrected chi connectivity index (χ2v) is 7.35. The van der Waals surface area contributed by atoms with Crippen molar-refractivity contribution < 1.29 is 0 Å². The normalized spacial score (nSPS) is 14.5. The van der Waals surface area contributed by atoms with Crippen LogP contribution in [0.15, 0.2) is 47.5 Å². The maximum absolute atomic E-state index is 12.8. The van der Waals surface area contributed by atoms with E-state index in [-0.39, 0.29) is 5.56 Å². The first-order valence-corrected chi connectivity index (χ1v) is 9.92. The van der Waals surface area contributed by atoms with Crippen molar-refractivity contribution in [1.82, 2.24) is 29.3 Å². The smallest absolute Gasteiger partial charge is 0.258 e. The summed E-state index contributed by atoms with van der Waals surface area (Å²) in [6.45, 7) is 5.85. The van der Waals surface area contributed by atoms with Crippen molar-refractivity contribution in [2.45, 2.75) is 26.7 Å². The highest BCUT2D eigenvalue weighted by Crippen LogP contribution is 2.22. The highest BCUT2D eigenvalue weighted by atomic mass is 16.1. The highest BCUT2D eigenvalue weighted by Gasteiger charge is 2.13. The van der Waals surface area contributed by atoms with E-state index in [9.17, 15) is 4.79 Å². The maximum atomic E-state index is 12.8. The van der Waals surface area contributed by atoms with Crippen molar-refractivity contribution in [3.05, 3.63) is 70.0 Å². The molecule has 5 heterocycles. The average Bonchev–Trinajstić information content (AvgIpc) is 3.17. The summed E-state index contributed by atoms with van der Waals surface area (Å²) >= 11 is 0. The van der Waals surface area contributed by atoms with Crippen molar-refractivity contribution in [2.75, 3.05) is 13.1 Å². The zero-order valence-corrected chi connectivity index (χ0v) is 16.5. The van der Waals surface area contributed by atoms with E-state index in [0.717, 1.165) is 48.4 Å². The minimum atomic E-state index is -0.108. The third kappa shape index (κ3) is 3.13. The number of hydrogen-bond acceptors (Lipinski definition) is 5. The van der Waals surface area contributed by atoms with Gasteiger partial charge in [0, 0.05) is 18.8 Å². The first-order valence-electron chi connectivity index (χ1n) is 9.92. The molecule has 0 aliphatic carbocycles. The monoisotopic (exact) mass is 386 g/mol. The van der Waals surface area contributed by atoms with Gasteiger partial charge in [0.2, 0.25) is 0 Å². The molecule has 0 saturated heterocycles. The topological polar surface area (TPSA) is 76.6 Å². The molecule has 0 amide bonds. The van der Waals surface area contributed by atoms with Crippen LogP contribution in [0.5, 0.6) is 0 Å². The molecule has 0 saturated carbocycles. The van der Waals surface area contributed by atoms with Crippen LogP contribution in [-0.2, 0) is 6.42 Å². The molecular formula is C22H22N6O. The van der Waals surface area contributed by atoms with Crippen molar-refractivity contribution in [3.8, 4) is 11.4 Å². The summed E-state index contributed by atoms with van der Waals surface area (Å²) in [6.07, 6.45) is 7.73. The molecule has 0 fully saturated rings. The Labute approximate surface area is 167 Å². The molecule has 1 N–H and O–H groups in total. The zero-order chi connectivity index (χ0) is 20.0. The molecule has 0 bridgehead atoms. The lowest BCUT2D eigenvalue weighted by Crippen LogP contribution is -2.20. The Hall–Kier alpha value is -3.32. The van der Waals surface area contributed by atoms with Gasteiger partial charge in [-0.05, 0) is 55.6 Å². The Balaban J connectivity index is 1.62. The average molecular weight is 386 g/mol. The Morgan fingerprint density at radius 2 is 2.03 bits per heavy atom. The van der Waals surface area contributed by atoms with Gasteiger partial charge in [0.15, 0.2) is 0 Å². The Kier molecular flexibility index (Phi) is 4.24. The molecule has 0 radical (unpaired) electrons. The SMILES string of the molecule is CCc1nc(C)cn2nc(-c3cc(=O)n4cc(C5=CCNCC5)ccc4n3)cc12. The van der Waals surface area contributed by atoms with E-state index >= 15 is 0 Å². The summed E-state index contributed by atoms with van der Waals surface area (Å²) in [5, 5.41) is 7.95. The van der Waals surface area contributed by atoms with E-state index in [0.29, 0.717) is 17.0 Å². The molecule has 5 rings (SSSR count). The second kappa shape index (κ2) is 6.93. The number of fused-ring (bicyclic) bond motifs is 2. The largest absolute Gasteiger partial charge is 0.313 e. The van der Waals surface area contributed by atoms with E-state index < -0.39 is 0 Å². The molecule has 0 aromatic carbocycles. The summed E-state index contributed by atoms with van der Waals surface area (Å²) in [7, 11) is 0. The number of aromatic nitrogens is 5. The molecule has 1 aliphatic rings. The minimum Gasteiger partial charge on any atom is -0.313 e. The minimum absolute atomic E-state index is 0.108.